The van der Waals surface area contributed by atoms with Gasteiger partial charge in [0, 0.05) is 48.9 Å². The number of thiophene rings is 1. The molecule has 4 heterocycles. The van der Waals surface area contributed by atoms with Gasteiger partial charge in [0.15, 0.2) is 0 Å². The molecule has 2 aromatic heterocycles. The van der Waals surface area contributed by atoms with Crippen LogP contribution in [0.15, 0.2) is 18.3 Å². The van der Waals surface area contributed by atoms with E-state index in [1.807, 2.05) is 19.2 Å². The van der Waals surface area contributed by atoms with Crippen LogP contribution in [-0.2, 0) is 0 Å². The number of nitrogens with one attached hydrogen (secondary N) is 2. The van der Waals surface area contributed by atoms with Crippen LogP contribution in [0.4, 0.5) is 11.5 Å². The number of amides is 1. The summed E-state index contributed by atoms with van der Waals surface area (Å²) in [6.45, 7) is 6.66. The summed E-state index contributed by atoms with van der Waals surface area (Å²) in [6.07, 6.45) is 4.00. The molecule has 9 heteroatoms. The Labute approximate surface area is 171 Å². The topological polar surface area (TPSA) is 73.4 Å². The van der Waals surface area contributed by atoms with Gasteiger partial charge >= 0.3 is 0 Å². The van der Waals surface area contributed by atoms with E-state index in [1.54, 1.807) is 11.9 Å². The molecule has 3 aromatic rings. The first-order chi connectivity index (χ1) is 13.6. The van der Waals surface area contributed by atoms with Gasteiger partial charge < -0.3 is 15.5 Å². The number of benzene rings is 1. The zero-order valence-electron chi connectivity index (χ0n) is 15.9. The van der Waals surface area contributed by atoms with Gasteiger partial charge in [0.05, 0.1) is 22.9 Å². The van der Waals surface area contributed by atoms with E-state index >= 15 is 0 Å². The first-order valence-electron chi connectivity index (χ1n) is 9.45. The number of piperazine rings is 1. The zero-order valence-corrected chi connectivity index (χ0v) is 17.5. The maximum atomic E-state index is 12.5. The Morgan fingerprint density at radius 2 is 2.07 bits per heavy atom. The highest BCUT2D eigenvalue weighted by molar-refractivity contribution is 7.96. The predicted octanol–water partition coefficient (Wildman–Crippen LogP) is 2.79. The van der Waals surface area contributed by atoms with Gasteiger partial charge in [0.1, 0.15) is 10.7 Å². The molecule has 28 heavy (non-hydrogen) atoms. The molecule has 2 N–H and O–H groups in total. The van der Waals surface area contributed by atoms with Crippen LogP contribution >= 0.6 is 23.3 Å². The normalized spacial score (nSPS) is 20.7. The van der Waals surface area contributed by atoms with Crippen LogP contribution < -0.4 is 15.5 Å². The smallest absolute Gasteiger partial charge is 0.263 e. The molecule has 146 valence electrons. The Morgan fingerprint density at radius 3 is 2.86 bits per heavy atom. The third-order valence-electron chi connectivity index (χ3n) is 5.34. The molecule has 2 aliphatic rings. The van der Waals surface area contributed by atoms with Crippen molar-refractivity contribution in [2.45, 2.75) is 13.0 Å². The molecule has 0 unspecified atom stereocenters. The molecule has 0 aliphatic carbocycles. The summed E-state index contributed by atoms with van der Waals surface area (Å²) >= 11 is 3.31. The summed E-state index contributed by atoms with van der Waals surface area (Å²) in [6, 6.07) is 4.16. The van der Waals surface area contributed by atoms with Crippen molar-refractivity contribution in [3.8, 4) is 0 Å². The highest BCUT2D eigenvalue weighted by Gasteiger charge is 2.25. The number of carbonyl (C=O) groups is 1. The van der Waals surface area contributed by atoms with Gasteiger partial charge in [0.25, 0.3) is 5.91 Å². The molecule has 0 radical (unpaired) electrons. The summed E-state index contributed by atoms with van der Waals surface area (Å²) in [7, 11) is 0. The Kier molecular flexibility index (Phi) is 4.53. The van der Waals surface area contributed by atoms with Crippen LogP contribution in [0.1, 0.15) is 16.6 Å². The van der Waals surface area contributed by atoms with Gasteiger partial charge in [0.2, 0.25) is 0 Å². The van der Waals surface area contributed by atoms with Gasteiger partial charge in [-0.1, -0.05) is 11.9 Å². The molecule has 1 saturated heterocycles. The number of anilines is 2. The minimum absolute atomic E-state index is 0.0157. The highest BCUT2D eigenvalue weighted by Crippen LogP contribution is 2.40. The lowest BCUT2D eigenvalue weighted by molar-refractivity contribution is 0.0949. The Morgan fingerprint density at radius 1 is 1.25 bits per heavy atom. The summed E-state index contributed by atoms with van der Waals surface area (Å²) in [4.78, 5) is 25.3. The average Bonchev–Trinajstić information content (AvgIpc) is 3.04. The van der Waals surface area contributed by atoms with E-state index in [-0.39, 0.29) is 11.9 Å². The molecule has 1 atom stereocenters. The van der Waals surface area contributed by atoms with E-state index in [9.17, 15) is 4.79 Å². The second kappa shape index (κ2) is 7.06. The molecular weight excluding hydrogens is 392 g/mol. The lowest BCUT2D eigenvalue weighted by atomic mass is 10.1. The first kappa shape index (κ1) is 18.0. The largest absolute Gasteiger partial charge is 0.381 e. The maximum Gasteiger partial charge on any atom is 0.263 e. The number of aromatic nitrogens is 2. The number of nitrogens with zero attached hydrogens (tertiary/aromatic N) is 4. The van der Waals surface area contributed by atoms with Crippen LogP contribution in [0.25, 0.3) is 21.1 Å². The fourth-order valence-electron chi connectivity index (χ4n) is 3.83. The Bertz CT molecular complexity index is 1060. The minimum atomic E-state index is -0.0157. The number of hydrogen-bond acceptors (Lipinski definition) is 8. The van der Waals surface area contributed by atoms with E-state index in [1.165, 1.54) is 11.3 Å². The third kappa shape index (κ3) is 2.98. The minimum Gasteiger partial charge on any atom is -0.381 e. The summed E-state index contributed by atoms with van der Waals surface area (Å²) in [5, 5.41) is 7.49. The molecule has 1 amide bonds. The Balaban J connectivity index is 1.57. The van der Waals surface area contributed by atoms with E-state index in [2.05, 4.69) is 32.2 Å². The van der Waals surface area contributed by atoms with Gasteiger partial charge in [-0.15, -0.1) is 11.3 Å². The van der Waals surface area contributed by atoms with Crippen LogP contribution in [0.5, 0.6) is 0 Å². The lowest BCUT2D eigenvalue weighted by Gasteiger charge is -2.33. The molecule has 7 nitrogen and oxygen atoms in total. The van der Waals surface area contributed by atoms with Gasteiger partial charge in [-0.3, -0.25) is 4.79 Å². The van der Waals surface area contributed by atoms with Gasteiger partial charge in [-0.2, -0.15) is 0 Å². The molecule has 1 aromatic carbocycles. The van der Waals surface area contributed by atoms with Crippen LogP contribution in [0.2, 0.25) is 0 Å². The number of rotatable bonds is 2. The zero-order chi connectivity index (χ0) is 19.3. The molecule has 2 aliphatic heterocycles. The number of fused-ring (bicyclic) bond motifs is 5. The predicted molar refractivity (Wildman–Crippen MR) is 118 cm³/mol. The summed E-state index contributed by atoms with van der Waals surface area (Å²) < 4.78 is 3.43. The third-order valence-corrected chi connectivity index (χ3v) is 7.38. The maximum absolute atomic E-state index is 12.5. The van der Waals surface area contributed by atoms with Crippen molar-refractivity contribution in [2.75, 3.05) is 49.2 Å². The van der Waals surface area contributed by atoms with E-state index in [0.29, 0.717) is 6.54 Å². The molecular formula is C19H22N6OS2. The van der Waals surface area contributed by atoms with Crippen molar-refractivity contribution in [3.05, 3.63) is 23.2 Å². The van der Waals surface area contributed by atoms with Crippen LogP contribution in [0, 0.1) is 0 Å². The van der Waals surface area contributed by atoms with E-state index in [0.717, 1.165) is 63.7 Å². The van der Waals surface area contributed by atoms with Crippen LogP contribution in [0.3, 0.4) is 0 Å². The standard InChI is InChI=1S/C19H22N6OS2/c1-11-9-20-17-15-13(28-18(17)19(26)22-11)4-3-12-16(15)21-10-14(23-12)24-5-7-25(27-2)8-6-24/h3-4,10-11,20H,5-9H2,1-2H3,(H,22,26)/t11-/m1/s1. The van der Waals surface area contributed by atoms with Crippen molar-refractivity contribution in [1.82, 2.24) is 19.6 Å². The lowest BCUT2D eigenvalue weighted by Crippen LogP contribution is -2.43. The SMILES string of the molecule is CSN1CCN(c2cnc3c(ccc4sc5c(c43)NC[C@@H](C)NC5=O)n2)CC1. The van der Waals surface area contributed by atoms with E-state index in [4.69, 9.17) is 9.97 Å². The second-order valence-corrected chi connectivity index (χ2v) is 9.13. The molecule has 1 fully saturated rings. The van der Waals surface area contributed by atoms with Gasteiger partial charge in [-0.05, 0) is 25.3 Å². The van der Waals surface area contributed by atoms with Crippen molar-refractivity contribution in [3.63, 3.8) is 0 Å². The highest BCUT2D eigenvalue weighted by atomic mass is 32.2. The molecule has 5 rings (SSSR count). The molecule has 0 spiro atoms. The molecule has 0 saturated carbocycles. The monoisotopic (exact) mass is 414 g/mol. The van der Waals surface area contributed by atoms with Crippen molar-refractivity contribution < 1.29 is 4.79 Å². The van der Waals surface area contributed by atoms with Gasteiger partial charge in [-0.25, -0.2) is 14.3 Å². The fraction of sp³-hybridized carbons (Fsp3) is 0.421. The summed E-state index contributed by atoms with van der Waals surface area (Å²) in [5.74, 6) is 0.909. The van der Waals surface area contributed by atoms with Crippen molar-refractivity contribution in [1.29, 1.82) is 0 Å². The second-order valence-electron chi connectivity index (χ2n) is 7.19. The summed E-state index contributed by atoms with van der Waals surface area (Å²) in [5.41, 5.74) is 2.62. The first-order valence-corrected chi connectivity index (χ1v) is 11.4. The average molecular weight is 415 g/mol. The van der Waals surface area contributed by atoms with Crippen LogP contribution in [-0.4, -0.2) is 65.2 Å². The Hall–Kier alpha value is -2.10. The quantitative estimate of drug-likeness (QED) is 0.625. The van der Waals surface area contributed by atoms with Crippen molar-refractivity contribution >= 4 is 61.8 Å². The number of hydrogen-bond donors (Lipinski definition) is 2. The number of carbonyl (C=O) groups excluding carboxylic acids is 1. The van der Waals surface area contributed by atoms with Crippen molar-refractivity contribution in [2.24, 2.45) is 0 Å². The fourth-order valence-corrected chi connectivity index (χ4v) is 5.45. The van der Waals surface area contributed by atoms with E-state index < -0.39 is 0 Å². The molecule has 0 bridgehead atoms.